The number of hydrogen-bond donors (Lipinski definition) is 0. The van der Waals surface area contributed by atoms with Crippen molar-refractivity contribution in [2.75, 3.05) is 18.0 Å². The number of aromatic nitrogens is 1. The average molecular weight is 271 g/mol. The van der Waals surface area contributed by atoms with Gasteiger partial charge < -0.3 is 4.90 Å². The van der Waals surface area contributed by atoms with Gasteiger partial charge in [-0.2, -0.15) is 0 Å². The third-order valence-corrected chi connectivity index (χ3v) is 3.84. The summed E-state index contributed by atoms with van der Waals surface area (Å²) in [5.41, 5.74) is 0. The summed E-state index contributed by atoms with van der Waals surface area (Å²) < 4.78 is 13.8. The zero-order valence-corrected chi connectivity index (χ0v) is 11.6. The molecule has 0 N–H and O–H groups in total. The van der Waals surface area contributed by atoms with Gasteiger partial charge in [-0.25, -0.2) is 9.37 Å². The summed E-state index contributed by atoms with van der Waals surface area (Å²) in [5, 5.41) is 0.356. The summed E-state index contributed by atoms with van der Waals surface area (Å²) >= 11 is 5.73. The van der Waals surface area contributed by atoms with Gasteiger partial charge in [0.1, 0.15) is 0 Å². The first-order chi connectivity index (χ1) is 8.70. The van der Waals surface area contributed by atoms with Crippen LogP contribution in [0.1, 0.15) is 39.0 Å². The van der Waals surface area contributed by atoms with Crippen molar-refractivity contribution in [1.82, 2.24) is 4.98 Å². The maximum atomic E-state index is 13.8. The first-order valence-electron chi connectivity index (χ1n) is 6.76. The van der Waals surface area contributed by atoms with Crippen molar-refractivity contribution >= 4 is 17.4 Å². The quantitative estimate of drug-likeness (QED) is 0.815. The van der Waals surface area contributed by atoms with Crippen LogP contribution in [0, 0.1) is 11.7 Å². The molecule has 100 valence electrons. The molecule has 0 spiro atoms. The van der Waals surface area contributed by atoms with Gasteiger partial charge in [-0.1, -0.05) is 31.4 Å². The number of nitrogens with zero attached hydrogens (tertiary/aromatic N) is 2. The zero-order chi connectivity index (χ0) is 13.0. The van der Waals surface area contributed by atoms with Crippen LogP contribution in [0.2, 0.25) is 5.02 Å². The van der Waals surface area contributed by atoms with E-state index in [9.17, 15) is 4.39 Å². The second-order valence-corrected chi connectivity index (χ2v) is 5.47. The molecule has 2 rings (SSSR count). The van der Waals surface area contributed by atoms with E-state index in [2.05, 4.69) is 16.8 Å². The number of hydrogen-bond acceptors (Lipinski definition) is 2. The standard InChI is InChI=1S/C14H20ClFN2/c1-2-4-11-5-3-7-18(8-6-11)14-13(16)9-12(15)10-17-14/h9-11H,2-8H2,1H3. The molecule has 0 bridgehead atoms. The van der Waals surface area contributed by atoms with Gasteiger partial charge in [0.25, 0.3) is 0 Å². The largest absolute Gasteiger partial charge is 0.354 e. The molecular formula is C14H20ClFN2. The first kappa shape index (κ1) is 13.6. The fourth-order valence-electron chi connectivity index (χ4n) is 2.71. The van der Waals surface area contributed by atoms with E-state index in [1.54, 1.807) is 0 Å². The molecule has 4 heteroatoms. The molecule has 1 saturated heterocycles. The molecule has 2 nitrogen and oxygen atoms in total. The lowest BCUT2D eigenvalue weighted by atomic mass is 9.96. The Morgan fingerprint density at radius 2 is 2.28 bits per heavy atom. The molecule has 2 heterocycles. The van der Waals surface area contributed by atoms with Crippen LogP contribution in [0.25, 0.3) is 0 Å². The van der Waals surface area contributed by atoms with Crippen molar-refractivity contribution < 1.29 is 4.39 Å². The molecule has 1 aliphatic heterocycles. The molecule has 1 unspecified atom stereocenters. The minimum Gasteiger partial charge on any atom is -0.354 e. The molecule has 0 radical (unpaired) electrons. The van der Waals surface area contributed by atoms with E-state index in [0.717, 1.165) is 31.8 Å². The minimum absolute atomic E-state index is 0.309. The molecule has 1 aromatic rings. The Labute approximate surface area is 113 Å². The average Bonchev–Trinajstić information content (AvgIpc) is 2.55. The fourth-order valence-corrected chi connectivity index (χ4v) is 2.86. The van der Waals surface area contributed by atoms with Crippen LogP contribution >= 0.6 is 11.6 Å². The highest BCUT2D eigenvalue weighted by atomic mass is 35.5. The Bertz CT molecular complexity index is 397. The third-order valence-electron chi connectivity index (χ3n) is 3.63. The summed E-state index contributed by atoms with van der Waals surface area (Å²) in [5.74, 6) is 0.934. The van der Waals surface area contributed by atoms with Gasteiger partial charge in [-0.05, 0) is 31.2 Å². The summed E-state index contributed by atoms with van der Waals surface area (Å²) in [7, 11) is 0. The summed E-state index contributed by atoms with van der Waals surface area (Å²) in [4.78, 5) is 6.19. The molecule has 1 aliphatic rings. The van der Waals surface area contributed by atoms with Gasteiger partial charge in [0.05, 0.1) is 5.02 Å². The van der Waals surface area contributed by atoms with E-state index in [-0.39, 0.29) is 5.82 Å². The maximum absolute atomic E-state index is 13.8. The topological polar surface area (TPSA) is 16.1 Å². The van der Waals surface area contributed by atoms with E-state index in [0.29, 0.717) is 10.8 Å². The lowest BCUT2D eigenvalue weighted by Crippen LogP contribution is -2.26. The molecule has 18 heavy (non-hydrogen) atoms. The van der Waals surface area contributed by atoms with Crippen molar-refractivity contribution in [3.05, 3.63) is 23.1 Å². The molecule has 1 atom stereocenters. The van der Waals surface area contributed by atoms with Crippen molar-refractivity contribution in [3.63, 3.8) is 0 Å². The van der Waals surface area contributed by atoms with E-state index in [4.69, 9.17) is 11.6 Å². The van der Waals surface area contributed by atoms with Crippen LogP contribution < -0.4 is 4.90 Å². The van der Waals surface area contributed by atoms with E-state index >= 15 is 0 Å². The number of halogens is 2. The predicted molar refractivity (Wildman–Crippen MR) is 73.7 cm³/mol. The van der Waals surface area contributed by atoms with Crippen LogP contribution in [0.4, 0.5) is 10.2 Å². The van der Waals surface area contributed by atoms with E-state index in [1.807, 2.05) is 0 Å². The molecule has 0 aromatic carbocycles. The van der Waals surface area contributed by atoms with Gasteiger partial charge in [0, 0.05) is 19.3 Å². The Morgan fingerprint density at radius 1 is 1.44 bits per heavy atom. The maximum Gasteiger partial charge on any atom is 0.167 e. The van der Waals surface area contributed by atoms with Gasteiger partial charge >= 0.3 is 0 Å². The third kappa shape index (κ3) is 3.35. The molecule has 0 saturated carbocycles. The van der Waals surface area contributed by atoms with Crippen molar-refractivity contribution in [1.29, 1.82) is 0 Å². The predicted octanol–water partition coefficient (Wildman–Crippen LogP) is 4.28. The molecule has 0 amide bonds. The smallest absolute Gasteiger partial charge is 0.167 e. The van der Waals surface area contributed by atoms with Gasteiger partial charge in [-0.15, -0.1) is 0 Å². The highest BCUT2D eigenvalue weighted by molar-refractivity contribution is 6.30. The molecule has 1 fully saturated rings. The first-order valence-corrected chi connectivity index (χ1v) is 7.14. The molecule has 0 aliphatic carbocycles. The van der Waals surface area contributed by atoms with Gasteiger partial charge in [0.15, 0.2) is 11.6 Å². The highest BCUT2D eigenvalue weighted by Gasteiger charge is 2.19. The zero-order valence-electron chi connectivity index (χ0n) is 10.8. The Balaban J connectivity index is 2.05. The normalized spacial score (nSPS) is 20.8. The van der Waals surface area contributed by atoms with Crippen molar-refractivity contribution in [2.24, 2.45) is 5.92 Å². The summed E-state index contributed by atoms with van der Waals surface area (Å²) in [6.07, 6.45) is 7.54. The SMILES string of the molecule is CCCC1CCCN(c2ncc(Cl)cc2F)CC1. The minimum atomic E-state index is -0.309. The highest BCUT2D eigenvalue weighted by Crippen LogP contribution is 2.26. The summed E-state index contributed by atoms with van der Waals surface area (Å²) in [6.45, 7) is 4.02. The lowest BCUT2D eigenvalue weighted by molar-refractivity contribution is 0.435. The van der Waals surface area contributed by atoms with Crippen molar-refractivity contribution in [3.8, 4) is 0 Å². The molecule has 1 aromatic heterocycles. The van der Waals surface area contributed by atoms with Gasteiger partial charge in [0.2, 0.25) is 0 Å². The Kier molecular flexibility index (Phi) is 4.81. The Morgan fingerprint density at radius 3 is 3.00 bits per heavy atom. The number of rotatable bonds is 3. The van der Waals surface area contributed by atoms with E-state index < -0.39 is 0 Å². The van der Waals surface area contributed by atoms with Gasteiger partial charge in [-0.3, -0.25) is 0 Å². The summed E-state index contributed by atoms with van der Waals surface area (Å²) in [6, 6.07) is 1.35. The lowest BCUT2D eigenvalue weighted by Gasteiger charge is -2.22. The number of pyridine rings is 1. The van der Waals surface area contributed by atoms with Crippen LogP contribution in [0.5, 0.6) is 0 Å². The monoisotopic (exact) mass is 270 g/mol. The number of anilines is 1. The van der Waals surface area contributed by atoms with Crippen LogP contribution in [-0.2, 0) is 0 Å². The second kappa shape index (κ2) is 6.37. The van der Waals surface area contributed by atoms with Crippen LogP contribution in [0.15, 0.2) is 12.3 Å². The Hall–Kier alpha value is -0.830. The fraction of sp³-hybridized carbons (Fsp3) is 0.643. The van der Waals surface area contributed by atoms with Crippen LogP contribution in [-0.4, -0.2) is 18.1 Å². The van der Waals surface area contributed by atoms with Crippen molar-refractivity contribution in [2.45, 2.75) is 39.0 Å². The second-order valence-electron chi connectivity index (χ2n) is 5.03. The van der Waals surface area contributed by atoms with Crippen LogP contribution in [0.3, 0.4) is 0 Å². The van der Waals surface area contributed by atoms with E-state index in [1.165, 1.54) is 31.5 Å². The molecular weight excluding hydrogens is 251 g/mol.